The predicted molar refractivity (Wildman–Crippen MR) is 52.6 cm³/mol. The van der Waals surface area contributed by atoms with Crippen LogP contribution in [0.3, 0.4) is 0 Å². The van der Waals surface area contributed by atoms with Crippen molar-refractivity contribution in [1.82, 2.24) is 0 Å². The first-order valence-corrected chi connectivity index (χ1v) is 5.85. The largest absolute Gasteiger partial charge is 0.469 e. The van der Waals surface area contributed by atoms with E-state index in [2.05, 4.69) is 4.52 Å². The van der Waals surface area contributed by atoms with Crippen LogP contribution in [0.15, 0.2) is 0 Å². The van der Waals surface area contributed by atoms with Gasteiger partial charge in [0.15, 0.2) is 0 Å². The lowest BCUT2D eigenvalue weighted by atomic mass is 10.6. The van der Waals surface area contributed by atoms with Gasteiger partial charge in [-0.05, 0) is 0 Å². The summed E-state index contributed by atoms with van der Waals surface area (Å²) >= 11 is 0. The average molecular weight is 260 g/mol. The van der Waals surface area contributed by atoms with E-state index < -0.39 is 13.8 Å². The Hall–Kier alpha value is -0.0500. The molecule has 9 heteroatoms. The van der Waals surface area contributed by atoms with Crippen molar-refractivity contribution < 1.29 is 37.8 Å². The summed E-state index contributed by atoms with van der Waals surface area (Å²) in [6.07, 6.45) is 0. The van der Waals surface area contributed by atoms with Gasteiger partial charge in [-0.15, -0.1) is 0 Å². The molecule has 0 aliphatic rings. The third-order valence-electron chi connectivity index (χ3n) is 1.70. The van der Waals surface area contributed by atoms with E-state index in [-0.39, 0.29) is 19.8 Å². The molecule has 2 N–H and O–H groups in total. The fourth-order valence-corrected chi connectivity index (χ4v) is 1.15. The smallest absolute Gasteiger partial charge is 0.371 e. The number of phosphoric acid groups is 1. The van der Waals surface area contributed by atoms with Gasteiger partial charge in [-0.1, -0.05) is 0 Å². The molecular formula is C7H17O8P. The molecule has 0 aromatic rings. The van der Waals surface area contributed by atoms with Gasteiger partial charge in [0.25, 0.3) is 0 Å². The second kappa shape index (κ2) is 7.31. The van der Waals surface area contributed by atoms with Crippen LogP contribution in [0.2, 0.25) is 0 Å². The standard InChI is InChI=1S/C7H17O8P/c1-11-7(12-2,13-3)6-14-4-5-15-16(8,9)10/h4-6H2,1-3H3,(H2,8,9,10). The van der Waals surface area contributed by atoms with Crippen LogP contribution in [0.4, 0.5) is 0 Å². The minimum Gasteiger partial charge on any atom is -0.371 e. The third kappa shape index (κ3) is 6.51. The van der Waals surface area contributed by atoms with Crippen molar-refractivity contribution in [2.24, 2.45) is 0 Å². The molecule has 0 fully saturated rings. The van der Waals surface area contributed by atoms with Crippen LogP contribution in [0.1, 0.15) is 0 Å². The minimum atomic E-state index is -4.44. The topological polar surface area (TPSA) is 104 Å². The highest BCUT2D eigenvalue weighted by Gasteiger charge is 2.29. The fourth-order valence-electron chi connectivity index (χ4n) is 0.839. The highest BCUT2D eigenvalue weighted by atomic mass is 31.2. The van der Waals surface area contributed by atoms with Crippen molar-refractivity contribution in [2.75, 3.05) is 41.2 Å². The number of hydrogen-bond donors (Lipinski definition) is 2. The van der Waals surface area contributed by atoms with Gasteiger partial charge in [0.05, 0.1) is 13.2 Å². The van der Waals surface area contributed by atoms with Gasteiger partial charge in [0.1, 0.15) is 6.61 Å². The quantitative estimate of drug-likeness (QED) is 0.331. The summed E-state index contributed by atoms with van der Waals surface area (Å²) in [4.78, 5) is 16.7. The molecule has 8 nitrogen and oxygen atoms in total. The Balaban J connectivity index is 3.76. The number of rotatable bonds is 9. The lowest BCUT2D eigenvalue weighted by Crippen LogP contribution is -2.41. The number of methoxy groups -OCH3 is 3. The second-order valence-electron chi connectivity index (χ2n) is 2.67. The molecule has 0 saturated heterocycles. The molecule has 0 rings (SSSR count). The maximum Gasteiger partial charge on any atom is 0.469 e. The van der Waals surface area contributed by atoms with Crippen molar-refractivity contribution in [3.8, 4) is 0 Å². The molecule has 0 heterocycles. The average Bonchev–Trinajstić information content (AvgIpc) is 2.23. The summed E-state index contributed by atoms with van der Waals surface area (Å²) in [7, 11) is -0.309. The monoisotopic (exact) mass is 260 g/mol. The molecule has 0 aromatic carbocycles. The van der Waals surface area contributed by atoms with Crippen LogP contribution < -0.4 is 0 Å². The van der Waals surface area contributed by atoms with Crippen molar-refractivity contribution in [3.05, 3.63) is 0 Å². The molecule has 0 saturated carbocycles. The summed E-state index contributed by atoms with van der Waals surface area (Å²) in [6.45, 7) is -0.318. The van der Waals surface area contributed by atoms with E-state index in [0.29, 0.717) is 0 Å². The maximum atomic E-state index is 10.3. The van der Waals surface area contributed by atoms with E-state index in [1.54, 1.807) is 0 Å². The summed E-state index contributed by atoms with van der Waals surface area (Å²) in [5.74, 6) is -1.32. The lowest BCUT2D eigenvalue weighted by molar-refractivity contribution is -0.368. The predicted octanol–water partition coefficient (Wildman–Crippen LogP) is -0.295. The van der Waals surface area contributed by atoms with Crippen LogP contribution >= 0.6 is 7.82 Å². The Morgan fingerprint density at radius 3 is 1.94 bits per heavy atom. The van der Waals surface area contributed by atoms with E-state index in [9.17, 15) is 4.57 Å². The summed E-state index contributed by atoms with van der Waals surface area (Å²) < 4.78 is 34.3. The molecule has 0 aliphatic carbocycles. The van der Waals surface area contributed by atoms with Crippen LogP contribution in [0.5, 0.6) is 0 Å². The molecule has 0 unspecified atom stereocenters. The molecule has 0 aliphatic heterocycles. The Morgan fingerprint density at radius 1 is 1.06 bits per heavy atom. The Bertz CT molecular complexity index is 214. The van der Waals surface area contributed by atoms with E-state index in [0.717, 1.165) is 0 Å². The van der Waals surface area contributed by atoms with Gasteiger partial charge in [0, 0.05) is 21.3 Å². The molecule has 0 spiro atoms. The summed E-state index contributed by atoms with van der Waals surface area (Å²) in [6, 6.07) is 0. The minimum absolute atomic E-state index is 0.0249. The first kappa shape index (κ1) is 16.0. The zero-order chi connectivity index (χ0) is 12.7. The summed E-state index contributed by atoms with van der Waals surface area (Å²) in [5, 5.41) is 0. The zero-order valence-corrected chi connectivity index (χ0v) is 10.3. The molecule has 0 amide bonds. The number of ether oxygens (including phenoxy) is 4. The maximum absolute atomic E-state index is 10.3. The van der Waals surface area contributed by atoms with Crippen LogP contribution in [0, 0.1) is 0 Å². The van der Waals surface area contributed by atoms with Crippen molar-refractivity contribution in [1.29, 1.82) is 0 Å². The molecule has 16 heavy (non-hydrogen) atoms. The van der Waals surface area contributed by atoms with E-state index >= 15 is 0 Å². The van der Waals surface area contributed by atoms with Gasteiger partial charge >= 0.3 is 13.8 Å². The molecule has 0 aromatic heterocycles. The lowest BCUT2D eigenvalue weighted by Gasteiger charge is -2.28. The molecule has 0 atom stereocenters. The van der Waals surface area contributed by atoms with Gasteiger partial charge in [-0.25, -0.2) is 4.57 Å². The highest BCUT2D eigenvalue weighted by Crippen LogP contribution is 2.35. The second-order valence-corrected chi connectivity index (χ2v) is 3.91. The first-order valence-electron chi connectivity index (χ1n) is 4.32. The van der Waals surface area contributed by atoms with Crippen LogP contribution in [-0.2, 0) is 28.0 Å². The number of hydrogen-bond acceptors (Lipinski definition) is 6. The Labute approximate surface area is 93.6 Å². The van der Waals surface area contributed by atoms with Crippen molar-refractivity contribution in [3.63, 3.8) is 0 Å². The molecular weight excluding hydrogens is 243 g/mol. The normalized spacial score (nSPS) is 13.1. The highest BCUT2D eigenvalue weighted by molar-refractivity contribution is 7.46. The first-order chi connectivity index (χ1) is 7.39. The Kier molecular flexibility index (Phi) is 7.29. The van der Waals surface area contributed by atoms with E-state index in [4.69, 9.17) is 28.7 Å². The van der Waals surface area contributed by atoms with E-state index in [1.807, 2.05) is 0 Å². The third-order valence-corrected chi connectivity index (χ3v) is 2.22. The molecule has 0 bridgehead atoms. The van der Waals surface area contributed by atoms with Crippen molar-refractivity contribution in [2.45, 2.75) is 5.97 Å². The summed E-state index contributed by atoms with van der Waals surface area (Å²) in [5.41, 5.74) is 0. The fraction of sp³-hybridized carbons (Fsp3) is 1.00. The van der Waals surface area contributed by atoms with Gasteiger partial charge in [-0.3, -0.25) is 4.52 Å². The number of phosphoric ester groups is 1. The van der Waals surface area contributed by atoms with Gasteiger partial charge < -0.3 is 28.7 Å². The Morgan fingerprint density at radius 2 is 1.56 bits per heavy atom. The van der Waals surface area contributed by atoms with Crippen molar-refractivity contribution >= 4 is 7.82 Å². The van der Waals surface area contributed by atoms with Crippen LogP contribution in [0.25, 0.3) is 0 Å². The molecule has 98 valence electrons. The zero-order valence-electron chi connectivity index (χ0n) is 9.41. The van der Waals surface area contributed by atoms with Crippen LogP contribution in [-0.4, -0.2) is 56.9 Å². The van der Waals surface area contributed by atoms with Gasteiger partial charge in [-0.2, -0.15) is 0 Å². The van der Waals surface area contributed by atoms with E-state index in [1.165, 1.54) is 21.3 Å². The van der Waals surface area contributed by atoms with Gasteiger partial charge in [0.2, 0.25) is 0 Å². The SMILES string of the molecule is COC(COCCOP(=O)(O)O)(OC)OC. The molecule has 0 radical (unpaired) electrons.